The second kappa shape index (κ2) is 8.88. The van der Waals surface area contributed by atoms with E-state index in [-0.39, 0.29) is 15.7 Å². The van der Waals surface area contributed by atoms with Gasteiger partial charge in [0.25, 0.3) is 5.24 Å². The predicted molar refractivity (Wildman–Crippen MR) is 108 cm³/mol. The summed E-state index contributed by atoms with van der Waals surface area (Å²) >= 11 is 0.762. The van der Waals surface area contributed by atoms with Crippen molar-refractivity contribution in [3.05, 3.63) is 83.0 Å². The van der Waals surface area contributed by atoms with Gasteiger partial charge < -0.3 is 14.8 Å². The molecule has 7 heteroatoms. The summed E-state index contributed by atoms with van der Waals surface area (Å²) in [5.74, 6) is -0.0809. The summed E-state index contributed by atoms with van der Waals surface area (Å²) in [5, 5.41) is 11.2. The maximum Gasteiger partial charge on any atom is 0.335 e. The molecule has 1 aromatic heterocycles. The van der Waals surface area contributed by atoms with Gasteiger partial charge in [0.2, 0.25) is 0 Å². The van der Waals surface area contributed by atoms with Crippen molar-refractivity contribution in [2.45, 2.75) is 0 Å². The molecule has 140 valence electrons. The minimum Gasteiger partial charge on any atom is -0.478 e. The molecule has 0 atom stereocenters. The Balaban J connectivity index is 1.70. The molecule has 0 saturated heterocycles. The van der Waals surface area contributed by atoms with Crippen LogP contribution in [0.25, 0.3) is 17.4 Å². The summed E-state index contributed by atoms with van der Waals surface area (Å²) in [6.07, 6.45) is 2.05. The van der Waals surface area contributed by atoms with Crippen molar-refractivity contribution < 1.29 is 23.9 Å². The highest BCUT2D eigenvalue weighted by Crippen LogP contribution is 2.26. The van der Waals surface area contributed by atoms with Gasteiger partial charge in [-0.25, -0.2) is 4.79 Å². The first kappa shape index (κ1) is 19.2. The summed E-state index contributed by atoms with van der Waals surface area (Å²) in [6, 6.07) is 18.5. The fourth-order valence-corrected chi connectivity index (χ4v) is 2.97. The van der Waals surface area contributed by atoms with Crippen molar-refractivity contribution >= 4 is 41.0 Å². The normalized spacial score (nSPS) is 11.1. The number of amides is 1. The van der Waals surface area contributed by atoms with Gasteiger partial charge in [-0.3, -0.25) is 9.59 Å². The Morgan fingerprint density at radius 2 is 1.68 bits per heavy atom. The number of carboxylic acids is 1. The quantitative estimate of drug-likeness (QED) is 0.444. The smallest absolute Gasteiger partial charge is 0.335 e. The number of carbonyl (C=O) groups is 3. The summed E-state index contributed by atoms with van der Waals surface area (Å²) in [6.45, 7) is 0. The van der Waals surface area contributed by atoms with Gasteiger partial charge in [-0.15, -0.1) is 0 Å². The zero-order valence-electron chi connectivity index (χ0n) is 14.5. The average Bonchev–Trinajstić information content (AvgIpc) is 3.16. The van der Waals surface area contributed by atoms with Crippen molar-refractivity contribution in [1.82, 2.24) is 0 Å². The van der Waals surface area contributed by atoms with Gasteiger partial charge in [0.1, 0.15) is 11.5 Å². The molecule has 2 aromatic carbocycles. The van der Waals surface area contributed by atoms with Crippen LogP contribution >= 0.6 is 11.8 Å². The van der Waals surface area contributed by atoms with Crippen LogP contribution in [0.5, 0.6) is 0 Å². The van der Waals surface area contributed by atoms with E-state index in [2.05, 4.69) is 5.32 Å². The predicted octanol–water partition coefficient (Wildman–Crippen LogP) is 5.15. The van der Waals surface area contributed by atoms with Crippen LogP contribution in [0.2, 0.25) is 0 Å². The lowest BCUT2D eigenvalue weighted by Gasteiger charge is -2.03. The standard InChI is InChI=1S/C21H15NO5S/c23-13-18(28-21(26)22-16-4-2-1-3-5-16)12-17-10-11-19(27-17)14-6-8-15(9-7-14)20(24)25/h1-13H,(H,22,26)(H,24,25)/b18-12-. The van der Waals surface area contributed by atoms with Crippen LogP contribution in [-0.4, -0.2) is 22.6 Å². The third-order valence-corrected chi connectivity index (χ3v) is 4.41. The van der Waals surface area contributed by atoms with Gasteiger partial charge in [-0.1, -0.05) is 30.3 Å². The number of para-hydroxylation sites is 1. The molecule has 6 nitrogen and oxygen atoms in total. The minimum absolute atomic E-state index is 0.180. The zero-order chi connectivity index (χ0) is 19.9. The molecule has 0 saturated carbocycles. The minimum atomic E-state index is -1.00. The molecule has 0 spiro atoms. The van der Waals surface area contributed by atoms with Crippen LogP contribution in [0.1, 0.15) is 16.1 Å². The number of aromatic carboxylic acids is 1. The molecule has 0 aliphatic heterocycles. The molecule has 1 heterocycles. The summed E-state index contributed by atoms with van der Waals surface area (Å²) in [5.41, 5.74) is 1.52. The fraction of sp³-hybridized carbons (Fsp3) is 0. The number of allylic oxidation sites excluding steroid dienone is 1. The van der Waals surface area contributed by atoms with Crippen molar-refractivity contribution in [1.29, 1.82) is 0 Å². The molecule has 3 rings (SSSR count). The van der Waals surface area contributed by atoms with E-state index in [1.54, 1.807) is 48.5 Å². The number of anilines is 1. The molecular weight excluding hydrogens is 378 g/mol. The van der Waals surface area contributed by atoms with Crippen LogP contribution in [0.15, 0.2) is 76.1 Å². The van der Waals surface area contributed by atoms with Crippen molar-refractivity contribution in [2.75, 3.05) is 5.32 Å². The maximum absolute atomic E-state index is 12.1. The highest BCUT2D eigenvalue weighted by molar-refractivity contribution is 8.17. The molecule has 0 fully saturated rings. The molecule has 0 unspecified atom stereocenters. The van der Waals surface area contributed by atoms with E-state index in [0.717, 1.165) is 11.8 Å². The molecule has 1 amide bonds. The third-order valence-electron chi connectivity index (χ3n) is 3.67. The Hall–Kier alpha value is -3.58. The van der Waals surface area contributed by atoms with Crippen LogP contribution in [-0.2, 0) is 4.79 Å². The molecular formula is C21H15NO5S. The largest absolute Gasteiger partial charge is 0.478 e. The third kappa shape index (κ3) is 4.99. The van der Waals surface area contributed by atoms with E-state index in [1.807, 2.05) is 6.07 Å². The number of benzene rings is 2. The summed E-state index contributed by atoms with van der Waals surface area (Å²) in [7, 11) is 0. The molecule has 2 N–H and O–H groups in total. The average molecular weight is 393 g/mol. The summed E-state index contributed by atoms with van der Waals surface area (Å²) in [4.78, 5) is 34.5. The van der Waals surface area contributed by atoms with E-state index < -0.39 is 5.97 Å². The molecule has 0 aliphatic carbocycles. The lowest BCUT2D eigenvalue weighted by molar-refractivity contribution is -0.104. The number of nitrogens with one attached hydrogen (secondary N) is 1. The molecule has 0 radical (unpaired) electrons. The highest BCUT2D eigenvalue weighted by Gasteiger charge is 2.10. The van der Waals surface area contributed by atoms with Crippen LogP contribution < -0.4 is 5.32 Å². The van der Waals surface area contributed by atoms with Crippen molar-refractivity contribution in [2.24, 2.45) is 0 Å². The van der Waals surface area contributed by atoms with E-state index in [1.165, 1.54) is 18.2 Å². The first-order chi connectivity index (χ1) is 13.5. The fourth-order valence-electron chi connectivity index (χ4n) is 2.36. The first-order valence-electron chi connectivity index (χ1n) is 8.19. The van der Waals surface area contributed by atoms with E-state index >= 15 is 0 Å². The van der Waals surface area contributed by atoms with Gasteiger partial charge in [0.05, 0.1) is 10.5 Å². The molecule has 0 aliphatic rings. The number of carbonyl (C=O) groups excluding carboxylic acids is 2. The van der Waals surface area contributed by atoms with Crippen LogP contribution in [0, 0.1) is 0 Å². The number of carboxylic acid groups (broad SMARTS) is 1. The molecule has 3 aromatic rings. The lowest BCUT2D eigenvalue weighted by atomic mass is 10.1. The first-order valence-corrected chi connectivity index (χ1v) is 9.01. The number of hydrogen-bond acceptors (Lipinski definition) is 5. The van der Waals surface area contributed by atoms with Crippen LogP contribution in [0.3, 0.4) is 0 Å². The second-order valence-electron chi connectivity index (χ2n) is 5.63. The van der Waals surface area contributed by atoms with E-state index in [4.69, 9.17) is 9.52 Å². The SMILES string of the molecule is O=C/C(=C/c1ccc(-c2ccc(C(=O)O)cc2)o1)SC(=O)Nc1ccccc1. The topological polar surface area (TPSA) is 96.6 Å². The van der Waals surface area contributed by atoms with Crippen molar-refractivity contribution in [3.8, 4) is 11.3 Å². The van der Waals surface area contributed by atoms with Gasteiger partial charge in [0.15, 0.2) is 6.29 Å². The maximum atomic E-state index is 12.1. The van der Waals surface area contributed by atoms with Gasteiger partial charge in [-0.05, 0) is 54.2 Å². The summed E-state index contributed by atoms with van der Waals surface area (Å²) < 4.78 is 5.67. The van der Waals surface area contributed by atoms with Gasteiger partial charge in [0, 0.05) is 11.3 Å². The highest BCUT2D eigenvalue weighted by atomic mass is 32.2. The van der Waals surface area contributed by atoms with E-state index in [9.17, 15) is 14.4 Å². The van der Waals surface area contributed by atoms with Gasteiger partial charge in [-0.2, -0.15) is 0 Å². The molecule has 0 bridgehead atoms. The second-order valence-corrected chi connectivity index (χ2v) is 6.68. The molecule has 28 heavy (non-hydrogen) atoms. The Kier molecular flexibility index (Phi) is 6.08. The van der Waals surface area contributed by atoms with Gasteiger partial charge >= 0.3 is 5.97 Å². The van der Waals surface area contributed by atoms with E-state index in [0.29, 0.717) is 29.1 Å². The Morgan fingerprint density at radius 3 is 2.32 bits per heavy atom. The number of hydrogen-bond donors (Lipinski definition) is 2. The van der Waals surface area contributed by atoms with Crippen molar-refractivity contribution in [3.63, 3.8) is 0 Å². The monoisotopic (exact) mass is 393 g/mol. The zero-order valence-corrected chi connectivity index (χ0v) is 15.3. The number of rotatable bonds is 6. The Labute approximate surface area is 164 Å². The number of aldehydes is 1. The Morgan fingerprint density at radius 1 is 0.964 bits per heavy atom. The lowest BCUT2D eigenvalue weighted by Crippen LogP contribution is -2.05. The Bertz CT molecular complexity index is 1020. The van der Waals surface area contributed by atoms with Crippen LogP contribution in [0.4, 0.5) is 10.5 Å². The number of thioether (sulfide) groups is 1. The number of furan rings is 1.